The maximum Gasteiger partial charge on any atom is 0.150 e. The Balaban J connectivity index is 0.000000261. The molecule has 1 aromatic carbocycles. The van der Waals surface area contributed by atoms with Gasteiger partial charge >= 0.3 is 0 Å². The van der Waals surface area contributed by atoms with E-state index in [0.29, 0.717) is 29.3 Å². The molecule has 1 aromatic heterocycles. The van der Waals surface area contributed by atoms with Gasteiger partial charge in [-0.3, -0.25) is 9.59 Å². The highest BCUT2D eigenvalue weighted by Crippen LogP contribution is 2.12. The Morgan fingerprint density at radius 1 is 1.04 bits per heavy atom. The van der Waals surface area contributed by atoms with E-state index in [2.05, 4.69) is 41.7 Å². The number of nitriles is 1. The van der Waals surface area contributed by atoms with Crippen LogP contribution in [0.1, 0.15) is 46.5 Å². The van der Waals surface area contributed by atoms with Crippen molar-refractivity contribution in [2.45, 2.75) is 20.3 Å². The molecule has 6 heteroatoms. The molecular formula is C22H28N4O2. The minimum Gasteiger partial charge on any atom is -0.354 e. The van der Waals surface area contributed by atoms with Crippen LogP contribution < -0.4 is 4.90 Å². The molecule has 3 rings (SSSR count). The molecule has 0 saturated carbocycles. The van der Waals surface area contributed by atoms with Crippen molar-refractivity contribution < 1.29 is 9.59 Å². The first-order valence-electron chi connectivity index (χ1n) is 9.37. The lowest BCUT2D eigenvalue weighted by atomic mass is 10.2. The highest BCUT2D eigenvalue weighted by Gasteiger charge is 2.14. The minimum atomic E-state index is 0.532. The van der Waals surface area contributed by atoms with E-state index in [0.717, 1.165) is 32.0 Å². The SMILES string of the molecule is CCC.CN1CCN(c2ccc(C#N)cn2)CC1.O=Cc1cccc(C=O)c1. The molecule has 1 saturated heterocycles. The van der Waals surface area contributed by atoms with E-state index in [4.69, 9.17) is 5.26 Å². The maximum absolute atomic E-state index is 10.2. The third-order valence-electron chi connectivity index (χ3n) is 3.89. The Morgan fingerprint density at radius 2 is 1.61 bits per heavy atom. The number of benzene rings is 1. The van der Waals surface area contributed by atoms with E-state index in [9.17, 15) is 9.59 Å². The van der Waals surface area contributed by atoms with Gasteiger partial charge in [-0.1, -0.05) is 38.5 Å². The first-order chi connectivity index (χ1) is 13.6. The quantitative estimate of drug-likeness (QED) is 0.759. The predicted octanol–water partition coefficient (Wildman–Crippen LogP) is 3.43. The molecule has 28 heavy (non-hydrogen) atoms. The molecule has 2 heterocycles. The second-order valence-corrected chi connectivity index (χ2v) is 6.42. The largest absolute Gasteiger partial charge is 0.354 e. The van der Waals surface area contributed by atoms with Crippen molar-refractivity contribution in [1.82, 2.24) is 9.88 Å². The van der Waals surface area contributed by atoms with Crippen molar-refractivity contribution in [1.29, 1.82) is 5.26 Å². The average molecular weight is 380 g/mol. The molecule has 0 unspecified atom stereocenters. The lowest BCUT2D eigenvalue weighted by molar-refractivity contribution is 0.112. The number of likely N-dealkylation sites (N-methyl/N-ethyl adjacent to an activating group) is 1. The summed E-state index contributed by atoms with van der Waals surface area (Å²) in [4.78, 5) is 29.2. The second-order valence-electron chi connectivity index (χ2n) is 6.42. The molecule has 0 atom stereocenters. The van der Waals surface area contributed by atoms with Crippen LogP contribution in [-0.2, 0) is 0 Å². The van der Waals surface area contributed by atoms with Crippen LogP contribution in [0.4, 0.5) is 5.82 Å². The van der Waals surface area contributed by atoms with E-state index in [1.54, 1.807) is 30.5 Å². The Bertz CT molecular complexity index is 738. The molecule has 0 aliphatic carbocycles. The van der Waals surface area contributed by atoms with Crippen molar-refractivity contribution in [3.05, 3.63) is 59.3 Å². The summed E-state index contributed by atoms with van der Waals surface area (Å²) in [6, 6.07) is 12.3. The first-order valence-corrected chi connectivity index (χ1v) is 9.37. The summed E-state index contributed by atoms with van der Waals surface area (Å²) in [6.07, 6.45) is 4.31. The molecular weight excluding hydrogens is 352 g/mol. The molecule has 0 radical (unpaired) electrons. The Kier molecular flexibility index (Phi) is 10.8. The number of aldehydes is 2. The summed E-state index contributed by atoms with van der Waals surface area (Å²) >= 11 is 0. The zero-order valence-electron chi connectivity index (χ0n) is 16.8. The molecule has 1 aliphatic rings. The zero-order valence-corrected chi connectivity index (χ0v) is 16.8. The second kappa shape index (κ2) is 13.2. The summed E-state index contributed by atoms with van der Waals surface area (Å²) < 4.78 is 0. The third kappa shape index (κ3) is 8.11. The summed E-state index contributed by atoms with van der Waals surface area (Å²) in [6.45, 7) is 8.41. The molecule has 0 amide bonds. The van der Waals surface area contributed by atoms with Gasteiger partial charge in [0.15, 0.2) is 0 Å². The van der Waals surface area contributed by atoms with Crippen LogP contribution in [0.15, 0.2) is 42.6 Å². The number of carbonyl (C=O) groups is 2. The smallest absolute Gasteiger partial charge is 0.150 e. The van der Waals surface area contributed by atoms with Gasteiger partial charge in [-0.15, -0.1) is 0 Å². The van der Waals surface area contributed by atoms with Crippen LogP contribution in [0.3, 0.4) is 0 Å². The number of hydrogen-bond donors (Lipinski definition) is 0. The van der Waals surface area contributed by atoms with Crippen LogP contribution in [0.25, 0.3) is 0 Å². The summed E-state index contributed by atoms with van der Waals surface area (Å²) in [5.74, 6) is 0.974. The summed E-state index contributed by atoms with van der Waals surface area (Å²) in [5.41, 5.74) is 1.68. The normalized spacial score (nSPS) is 13.1. The Labute approximate surface area is 167 Å². The standard InChI is InChI=1S/C11H14N4.C8H6O2.C3H8/c1-14-4-6-15(7-5-14)11-3-2-10(8-12)9-13-11;9-5-7-2-1-3-8(4-7)6-10;1-3-2/h2-3,9H,4-7H2,1H3;1-6H;3H2,1-2H3. The third-order valence-corrected chi connectivity index (χ3v) is 3.89. The number of piperazine rings is 1. The van der Waals surface area contributed by atoms with Gasteiger partial charge < -0.3 is 9.80 Å². The summed E-state index contributed by atoms with van der Waals surface area (Å²) in [7, 11) is 2.13. The molecule has 6 nitrogen and oxygen atoms in total. The fourth-order valence-electron chi connectivity index (χ4n) is 2.38. The maximum atomic E-state index is 10.2. The fraction of sp³-hybridized carbons (Fsp3) is 0.364. The molecule has 1 aliphatic heterocycles. The summed E-state index contributed by atoms with van der Waals surface area (Å²) in [5, 5.41) is 8.66. The number of pyridine rings is 1. The molecule has 148 valence electrons. The molecule has 0 spiro atoms. The van der Waals surface area contributed by atoms with Gasteiger partial charge in [-0.2, -0.15) is 5.26 Å². The number of aromatic nitrogens is 1. The number of carbonyl (C=O) groups excluding carboxylic acids is 2. The first kappa shape index (κ1) is 23.0. The number of anilines is 1. The van der Waals surface area contributed by atoms with Crippen molar-refractivity contribution in [2.75, 3.05) is 38.1 Å². The highest BCUT2D eigenvalue weighted by molar-refractivity contribution is 5.81. The topological polar surface area (TPSA) is 77.3 Å². The number of hydrogen-bond acceptors (Lipinski definition) is 6. The average Bonchev–Trinajstić information content (AvgIpc) is 2.75. The zero-order chi connectivity index (χ0) is 20.8. The lowest BCUT2D eigenvalue weighted by Gasteiger charge is -2.33. The van der Waals surface area contributed by atoms with Crippen LogP contribution in [0.5, 0.6) is 0 Å². The van der Waals surface area contributed by atoms with E-state index in [-0.39, 0.29) is 0 Å². The van der Waals surface area contributed by atoms with Crippen LogP contribution >= 0.6 is 0 Å². The van der Waals surface area contributed by atoms with Gasteiger partial charge in [0.05, 0.1) is 5.56 Å². The lowest BCUT2D eigenvalue weighted by Crippen LogP contribution is -2.44. The van der Waals surface area contributed by atoms with E-state index >= 15 is 0 Å². The van der Waals surface area contributed by atoms with Crippen LogP contribution in [0, 0.1) is 11.3 Å². The monoisotopic (exact) mass is 380 g/mol. The molecule has 0 bridgehead atoms. The van der Waals surface area contributed by atoms with Gasteiger partial charge in [0.1, 0.15) is 24.5 Å². The van der Waals surface area contributed by atoms with Gasteiger partial charge in [0, 0.05) is 43.5 Å². The highest BCUT2D eigenvalue weighted by atomic mass is 16.1. The van der Waals surface area contributed by atoms with Gasteiger partial charge in [-0.05, 0) is 25.2 Å². The Hall–Kier alpha value is -3.04. The van der Waals surface area contributed by atoms with E-state index in [1.165, 1.54) is 6.42 Å². The van der Waals surface area contributed by atoms with Gasteiger partial charge in [0.2, 0.25) is 0 Å². The van der Waals surface area contributed by atoms with Gasteiger partial charge in [0.25, 0.3) is 0 Å². The number of nitrogens with zero attached hydrogens (tertiary/aromatic N) is 4. The minimum absolute atomic E-state index is 0.532. The van der Waals surface area contributed by atoms with E-state index in [1.807, 2.05) is 12.1 Å². The van der Waals surface area contributed by atoms with Crippen molar-refractivity contribution >= 4 is 18.4 Å². The van der Waals surface area contributed by atoms with Crippen molar-refractivity contribution in [3.8, 4) is 6.07 Å². The van der Waals surface area contributed by atoms with Gasteiger partial charge in [-0.25, -0.2) is 4.98 Å². The molecule has 1 fully saturated rings. The fourth-order valence-corrected chi connectivity index (χ4v) is 2.38. The predicted molar refractivity (Wildman–Crippen MR) is 112 cm³/mol. The van der Waals surface area contributed by atoms with Crippen molar-refractivity contribution in [3.63, 3.8) is 0 Å². The van der Waals surface area contributed by atoms with Crippen molar-refractivity contribution in [2.24, 2.45) is 0 Å². The Morgan fingerprint density at radius 3 is 2.04 bits per heavy atom. The molecule has 2 aromatic rings. The number of rotatable bonds is 3. The van der Waals surface area contributed by atoms with Crippen LogP contribution in [0.2, 0.25) is 0 Å². The molecule has 0 N–H and O–H groups in total. The van der Waals surface area contributed by atoms with E-state index < -0.39 is 0 Å². The van der Waals surface area contributed by atoms with Crippen LogP contribution in [-0.4, -0.2) is 55.7 Å².